The predicted molar refractivity (Wildman–Crippen MR) is 87.9 cm³/mol. The molecule has 0 N–H and O–H groups in total. The van der Waals surface area contributed by atoms with E-state index in [1.807, 2.05) is 0 Å². The number of nitrogens with zero attached hydrogens (tertiary/aromatic N) is 2. The van der Waals surface area contributed by atoms with Crippen molar-refractivity contribution in [1.29, 1.82) is 0 Å². The molecule has 0 fully saturated rings. The molecule has 122 valence electrons. The number of hydrogen-bond donors (Lipinski definition) is 0. The molecule has 1 heterocycles. The van der Waals surface area contributed by atoms with Gasteiger partial charge in [-0.3, -0.25) is 9.59 Å². The number of aromatic nitrogens is 2. The lowest BCUT2D eigenvalue weighted by Gasteiger charge is -2.17. The van der Waals surface area contributed by atoms with Crippen molar-refractivity contribution in [2.45, 2.75) is 25.8 Å². The van der Waals surface area contributed by atoms with E-state index in [0.29, 0.717) is 23.6 Å². The molecule has 0 saturated carbocycles. The molecule has 0 aliphatic carbocycles. The third kappa shape index (κ3) is 4.56. The number of benzene rings is 1. The predicted octanol–water partition coefficient (Wildman–Crippen LogP) is 3.96. The summed E-state index contributed by atoms with van der Waals surface area (Å²) in [6.07, 6.45) is 5.23. The van der Waals surface area contributed by atoms with Gasteiger partial charge in [-0.1, -0.05) is 23.2 Å². The molecule has 0 radical (unpaired) electrons. The summed E-state index contributed by atoms with van der Waals surface area (Å²) in [5.74, 6) is -0.540. The number of carbonyl (C=O) groups excluding carboxylic acids is 2. The Kier molecular flexibility index (Phi) is 6.19. The first-order valence-electron chi connectivity index (χ1n) is 7.15. The summed E-state index contributed by atoms with van der Waals surface area (Å²) in [6.45, 7) is 2.05. The Morgan fingerprint density at radius 2 is 2.13 bits per heavy atom. The van der Waals surface area contributed by atoms with E-state index >= 15 is 0 Å². The first kappa shape index (κ1) is 17.5. The molecule has 1 atom stereocenters. The Labute approximate surface area is 144 Å². The monoisotopic (exact) mass is 354 g/mol. The SMILES string of the molecule is CCOC(=O)CCC(C(=O)c1ccc(Cl)cc1Cl)n1ccnc1. The van der Waals surface area contributed by atoms with Crippen LogP contribution in [0.15, 0.2) is 36.9 Å². The van der Waals surface area contributed by atoms with Gasteiger partial charge in [-0.2, -0.15) is 0 Å². The molecule has 5 nitrogen and oxygen atoms in total. The summed E-state index contributed by atoms with van der Waals surface area (Å²) in [7, 11) is 0. The fourth-order valence-corrected chi connectivity index (χ4v) is 2.73. The van der Waals surface area contributed by atoms with Crippen molar-refractivity contribution >= 4 is 35.0 Å². The van der Waals surface area contributed by atoms with Gasteiger partial charge in [-0.05, 0) is 31.5 Å². The molecule has 23 heavy (non-hydrogen) atoms. The number of ketones is 1. The molecule has 0 bridgehead atoms. The van der Waals surface area contributed by atoms with Crippen molar-refractivity contribution in [3.8, 4) is 0 Å². The van der Waals surface area contributed by atoms with Crippen molar-refractivity contribution in [1.82, 2.24) is 9.55 Å². The van der Waals surface area contributed by atoms with Gasteiger partial charge in [-0.25, -0.2) is 4.98 Å². The highest BCUT2D eigenvalue weighted by Gasteiger charge is 2.24. The van der Waals surface area contributed by atoms with Crippen LogP contribution in [0.5, 0.6) is 0 Å². The summed E-state index contributed by atoms with van der Waals surface area (Å²) in [4.78, 5) is 28.4. The molecule has 2 aromatic rings. The number of carbonyl (C=O) groups is 2. The van der Waals surface area contributed by atoms with Crippen LogP contribution in [0.25, 0.3) is 0 Å². The molecule has 0 aliphatic heterocycles. The first-order chi connectivity index (χ1) is 11.0. The third-order valence-electron chi connectivity index (χ3n) is 3.31. The number of imidazole rings is 1. The van der Waals surface area contributed by atoms with E-state index in [0.717, 1.165) is 0 Å². The maximum absolute atomic E-state index is 12.8. The minimum atomic E-state index is -0.583. The third-order valence-corrected chi connectivity index (χ3v) is 3.86. The van der Waals surface area contributed by atoms with Crippen LogP contribution in [0.1, 0.15) is 36.2 Å². The molecule has 0 aliphatic rings. The molecule has 0 amide bonds. The van der Waals surface area contributed by atoms with Gasteiger partial charge in [0.2, 0.25) is 0 Å². The van der Waals surface area contributed by atoms with E-state index in [4.69, 9.17) is 27.9 Å². The van der Waals surface area contributed by atoms with Crippen molar-refractivity contribution in [2.75, 3.05) is 6.61 Å². The second-order valence-electron chi connectivity index (χ2n) is 4.86. The first-order valence-corrected chi connectivity index (χ1v) is 7.90. The number of rotatable bonds is 7. The summed E-state index contributed by atoms with van der Waals surface area (Å²) in [6, 6.07) is 4.13. The van der Waals surface area contributed by atoms with Crippen LogP contribution < -0.4 is 0 Å². The van der Waals surface area contributed by atoms with Gasteiger partial charge in [0.05, 0.1) is 24.0 Å². The van der Waals surface area contributed by atoms with Crippen LogP contribution in [0, 0.1) is 0 Å². The van der Waals surface area contributed by atoms with Crippen molar-refractivity contribution in [3.63, 3.8) is 0 Å². The molecule has 1 aromatic heterocycles. The fraction of sp³-hybridized carbons (Fsp3) is 0.312. The fourth-order valence-electron chi connectivity index (χ4n) is 2.23. The van der Waals surface area contributed by atoms with Crippen molar-refractivity contribution in [3.05, 3.63) is 52.5 Å². The number of esters is 1. The second kappa shape index (κ2) is 8.13. The van der Waals surface area contributed by atoms with Crippen LogP contribution in [-0.4, -0.2) is 27.9 Å². The zero-order valence-electron chi connectivity index (χ0n) is 12.5. The van der Waals surface area contributed by atoms with Crippen LogP contribution in [0.3, 0.4) is 0 Å². The Bertz CT molecular complexity index is 687. The van der Waals surface area contributed by atoms with Gasteiger partial charge in [0.25, 0.3) is 0 Å². The Morgan fingerprint density at radius 3 is 2.74 bits per heavy atom. The smallest absolute Gasteiger partial charge is 0.305 e. The van der Waals surface area contributed by atoms with E-state index < -0.39 is 6.04 Å². The molecular formula is C16H16Cl2N2O3. The number of Topliss-reactive ketones (excluding diaryl/α,β-unsaturated/α-hetero) is 1. The summed E-state index contributed by atoms with van der Waals surface area (Å²) in [5.41, 5.74) is 0.360. The van der Waals surface area contributed by atoms with Crippen LogP contribution >= 0.6 is 23.2 Å². The van der Waals surface area contributed by atoms with E-state index in [1.54, 1.807) is 36.0 Å². The largest absolute Gasteiger partial charge is 0.466 e. The van der Waals surface area contributed by atoms with E-state index in [1.165, 1.54) is 12.4 Å². The lowest BCUT2D eigenvalue weighted by atomic mass is 10.00. The minimum absolute atomic E-state index is 0.133. The lowest BCUT2D eigenvalue weighted by molar-refractivity contribution is -0.143. The second-order valence-corrected chi connectivity index (χ2v) is 5.70. The average Bonchev–Trinajstić information content (AvgIpc) is 3.01. The quantitative estimate of drug-likeness (QED) is 0.557. The molecule has 2 rings (SSSR count). The van der Waals surface area contributed by atoms with Gasteiger partial charge in [0.1, 0.15) is 0 Å². The minimum Gasteiger partial charge on any atom is -0.466 e. The van der Waals surface area contributed by atoms with Crippen LogP contribution in [0.2, 0.25) is 10.0 Å². The highest BCUT2D eigenvalue weighted by molar-refractivity contribution is 6.37. The van der Waals surface area contributed by atoms with Gasteiger partial charge in [0.15, 0.2) is 5.78 Å². The van der Waals surface area contributed by atoms with E-state index in [2.05, 4.69) is 4.98 Å². The highest BCUT2D eigenvalue weighted by atomic mass is 35.5. The maximum Gasteiger partial charge on any atom is 0.305 e. The normalized spacial score (nSPS) is 12.0. The molecule has 0 spiro atoms. The molecule has 1 unspecified atom stereocenters. The summed E-state index contributed by atoms with van der Waals surface area (Å²) < 4.78 is 6.58. The molecular weight excluding hydrogens is 339 g/mol. The van der Waals surface area contributed by atoms with E-state index in [9.17, 15) is 9.59 Å². The number of ether oxygens (including phenoxy) is 1. The van der Waals surface area contributed by atoms with Crippen molar-refractivity contribution in [2.24, 2.45) is 0 Å². The van der Waals surface area contributed by atoms with Gasteiger partial charge in [0, 0.05) is 29.4 Å². The number of halogens is 2. The Balaban J connectivity index is 2.23. The van der Waals surface area contributed by atoms with Gasteiger partial charge < -0.3 is 9.30 Å². The Morgan fingerprint density at radius 1 is 1.35 bits per heavy atom. The molecule has 0 saturated heterocycles. The van der Waals surface area contributed by atoms with Gasteiger partial charge >= 0.3 is 5.97 Å². The number of hydrogen-bond acceptors (Lipinski definition) is 4. The zero-order valence-corrected chi connectivity index (χ0v) is 14.0. The zero-order chi connectivity index (χ0) is 16.8. The highest BCUT2D eigenvalue weighted by Crippen LogP contribution is 2.27. The van der Waals surface area contributed by atoms with Crippen molar-refractivity contribution < 1.29 is 14.3 Å². The summed E-state index contributed by atoms with van der Waals surface area (Å²) in [5, 5.41) is 0.737. The standard InChI is InChI=1S/C16H16Cl2N2O3/c1-2-23-15(21)6-5-14(20-8-7-19-10-20)16(22)12-4-3-11(17)9-13(12)18/h3-4,7-10,14H,2,5-6H2,1H3. The average molecular weight is 355 g/mol. The Hall–Kier alpha value is -1.85. The van der Waals surface area contributed by atoms with Gasteiger partial charge in [-0.15, -0.1) is 0 Å². The topological polar surface area (TPSA) is 61.2 Å². The lowest BCUT2D eigenvalue weighted by Crippen LogP contribution is -2.21. The van der Waals surface area contributed by atoms with Crippen LogP contribution in [-0.2, 0) is 9.53 Å². The van der Waals surface area contributed by atoms with E-state index in [-0.39, 0.29) is 23.2 Å². The maximum atomic E-state index is 12.8. The van der Waals surface area contributed by atoms with Crippen LogP contribution in [0.4, 0.5) is 0 Å². The summed E-state index contributed by atoms with van der Waals surface area (Å²) >= 11 is 12.0. The molecule has 7 heteroatoms. The molecule has 1 aromatic carbocycles.